The van der Waals surface area contributed by atoms with Crippen molar-refractivity contribution in [1.82, 2.24) is 24.8 Å². The van der Waals surface area contributed by atoms with Gasteiger partial charge in [0.15, 0.2) is 10.8 Å². The van der Waals surface area contributed by atoms with E-state index in [4.69, 9.17) is 19.2 Å². The number of nitrogens with zero attached hydrogens (tertiary/aromatic N) is 4. The van der Waals surface area contributed by atoms with Crippen molar-refractivity contribution in [2.45, 2.75) is 51.5 Å². The van der Waals surface area contributed by atoms with Gasteiger partial charge in [-0.15, -0.1) is 0 Å². The summed E-state index contributed by atoms with van der Waals surface area (Å²) in [4.78, 5) is 23.8. The summed E-state index contributed by atoms with van der Waals surface area (Å²) in [5, 5.41) is 12.9. The molecular weight excluding hydrogens is 538 g/mol. The molecule has 3 atom stereocenters. The van der Waals surface area contributed by atoms with Gasteiger partial charge in [-0.25, -0.2) is 14.8 Å². The Morgan fingerprint density at radius 3 is 2.73 bits per heavy atom. The van der Waals surface area contributed by atoms with Crippen LogP contribution in [0.3, 0.4) is 0 Å². The molecule has 0 bridgehead atoms. The molecule has 0 radical (unpaired) electrons. The molecule has 41 heavy (non-hydrogen) atoms. The minimum absolute atomic E-state index is 0.187. The zero-order chi connectivity index (χ0) is 28.1. The van der Waals surface area contributed by atoms with E-state index in [1.165, 1.54) is 19.4 Å². The monoisotopic (exact) mass is 571 g/mol. The molecule has 2 fully saturated rings. The van der Waals surface area contributed by atoms with Crippen LogP contribution in [0.2, 0.25) is 0 Å². The lowest BCUT2D eigenvalue weighted by Gasteiger charge is -2.54. The van der Waals surface area contributed by atoms with E-state index in [-0.39, 0.29) is 11.4 Å². The zero-order valence-corrected chi connectivity index (χ0v) is 24.1. The van der Waals surface area contributed by atoms with Gasteiger partial charge in [0.05, 0.1) is 17.8 Å². The molecule has 1 aromatic carbocycles. The van der Waals surface area contributed by atoms with Gasteiger partial charge in [0.2, 0.25) is 5.88 Å². The molecule has 1 saturated carbocycles. The fraction of sp³-hybridized carbons (Fsp3) is 0.400. The van der Waals surface area contributed by atoms with Crippen molar-refractivity contribution in [1.29, 1.82) is 0 Å². The number of carbonyl (C=O) groups excluding carboxylic acids is 1. The number of urea groups is 1. The predicted molar refractivity (Wildman–Crippen MR) is 160 cm³/mol. The second kappa shape index (κ2) is 10.1. The highest BCUT2D eigenvalue weighted by Gasteiger charge is 2.46. The quantitative estimate of drug-likeness (QED) is 0.187. The Hall–Kier alpha value is -3.96. The molecule has 2 amide bonds. The summed E-state index contributed by atoms with van der Waals surface area (Å²) in [7, 11) is 0. The molecule has 1 saturated heterocycles. The second-order valence-corrected chi connectivity index (χ2v) is 13.0. The van der Waals surface area contributed by atoms with E-state index >= 15 is 0 Å². The minimum atomic E-state index is -0.390. The van der Waals surface area contributed by atoms with E-state index in [0.29, 0.717) is 29.8 Å². The number of anilines is 2. The first kappa shape index (κ1) is 26.0. The number of amides is 2. The molecular formula is C30H33N7O3S. The molecule has 5 aromatic rings. The van der Waals surface area contributed by atoms with Crippen LogP contribution in [0.25, 0.3) is 26.6 Å². The van der Waals surface area contributed by atoms with E-state index in [2.05, 4.69) is 25.5 Å². The van der Waals surface area contributed by atoms with Gasteiger partial charge >= 0.3 is 6.03 Å². The molecule has 5 heterocycles. The number of hydrogen-bond donors (Lipinski definition) is 3. The largest absolute Gasteiger partial charge is 0.478 e. The molecule has 0 spiro atoms. The van der Waals surface area contributed by atoms with E-state index in [9.17, 15) is 4.79 Å². The van der Waals surface area contributed by atoms with Crippen LogP contribution in [-0.4, -0.2) is 44.7 Å². The van der Waals surface area contributed by atoms with Crippen LogP contribution in [-0.2, 0) is 5.41 Å². The molecule has 2 aliphatic rings. The summed E-state index contributed by atoms with van der Waals surface area (Å²) in [6, 6.07) is 13.7. The van der Waals surface area contributed by atoms with Gasteiger partial charge < -0.3 is 19.9 Å². The van der Waals surface area contributed by atoms with E-state index < -0.39 is 0 Å². The Labute approximate surface area is 241 Å². The normalized spacial score (nSPS) is 19.9. The van der Waals surface area contributed by atoms with Crippen LogP contribution in [0.5, 0.6) is 5.88 Å². The SMILES string of the molecule is CC(C)(C)c1cc(NC(=O)Nc2ccc(-c3cn4c(n3)sc3nc(OCCC[C@@H]5C[C@H]6NCC56)ccc34)cc2)no1. The van der Waals surface area contributed by atoms with Gasteiger partial charge in [-0.1, -0.05) is 49.4 Å². The molecule has 1 aliphatic heterocycles. The number of pyridine rings is 1. The predicted octanol–water partition coefficient (Wildman–Crippen LogP) is 6.31. The van der Waals surface area contributed by atoms with Gasteiger partial charge in [0.1, 0.15) is 10.6 Å². The topological polar surface area (TPSA) is 119 Å². The Morgan fingerprint density at radius 2 is 2.02 bits per heavy atom. The standard InChI is InChI=1S/C30H33N7O3S/c1-30(2,3)24-14-25(36-40-24)34-28(38)32-19-8-6-17(7-9-19)22-16-37-23-10-11-26(35-27(23)41-29(37)33-22)39-12-4-5-18-13-21-20(18)15-31-21/h6-11,14,16,18,20-21,31H,4-5,12-13,15H2,1-3H3,(H2,32,34,36,38)/t18-,20?,21-/m1/s1. The number of thiazole rings is 1. The molecule has 10 nitrogen and oxygen atoms in total. The lowest BCUT2D eigenvalue weighted by Crippen LogP contribution is -2.64. The van der Waals surface area contributed by atoms with Gasteiger partial charge in [-0.2, -0.15) is 0 Å². The zero-order valence-electron chi connectivity index (χ0n) is 23.3. The van der Waals surface area contributed by atoms with Crippen molar-refractivity contribution in [2.24, 2.45) is 11.8 Å². The van der Waals surface area contributed by atoms with Crippen molar-refractivity contribution < 1.29 is 14.1 Å². The van der Waals surface area contributed by atoms with Crippen LogP contribution in [0.15, 0.2) is 53.2 Å². The van der Waals surface area contributed by atoms with Crippen molar-refractivity contribution in [3.8, 4) is 17.1 Å². The number of rotatable bonds is 8. The third-order valence-corrected chi connectivity index (χ3v) is 9.09. The van der Waals surface area contributed by atoms with Crippen LogP contribution in [0.4, 0.5) is 16.3 Å². The fourth-order valence-electron chi connectivity index (χ4n) is 5.61. The molecule has 3 N–H and O–H groups in total. The summed E-state index contributed by atoms with van der Waals surface area (Å²) in [6.07, 6.45) is 5.66. The van der Waals surface area contributed by atoms with Crippen molar-refractivity contribution >= 4 is 44.2 Å². The van der Waals surface area contributed by atoms with Crippen LogP contribution < -0.4 is 20.7 Å². The summed E-state index contributed by atoms with van der Waals surface area (Å²) in [6.45, 7) is 7.96. The first-order chi connectivity index (χ1) is 19.8. The molecule has 11 heteroatoms. The van der Waals surface area contributed by atoms with E-state index in [1.807, 2.05) is 63.4 Å². The smallest absolute Gasteiger partial charge is 0.324 e. The maximum absolute atomic E-state index is 12.4. The van der Waals surface area contributed by atoms with Crippen LogP contribution in [0.1, 0.15) is 45.8 Å². The number of fused-ring (bicyclic) bond motifs is 4. The van der Waals surface area contributed by atoms with Crippen molar-refractivity contribution in [2.75, 3.05) is 23.8 Å². The number of aromatic nitrogens is 4. The van der Waals surface area contributed by atoms with Crippen LogP contribution in [0, 0.1) is 11.8 Å². The van der Waals surface area contributed by atoms with Crippen molar-refractivity contribution in [3.05, 3.63) is 54.4 Å². The summed E-state index contributed by atoms with van der Waals surface area (Å²) < 4.78 is 13.4. The average Bonchev–Trinajstić information content (AvgIpc) is 3.64. The van der Waals surface area contributed by atoms with Gasteiger partial charge in [-0.3, -0.25) is 9.72 Å². The fourth-order valence-corrected chi connectivity index (χ4v) is 6.59. The van der Waals surface area contributed by atoms with E-state index in [0.717, 1.165) is 50.9 Å². The number of imidazole rings is 1. The maximum atomic E-state index is 12.4. The van der Waals surface area contributed by atoms with Gasteiger partial charge in [-0.05, 0) is 55.8 Å². The number of benzene rings is 1. The second-order valence-electron chi connectivity index (χ2n) is 12.0. The minimum Gasteiger partial charge on any atom is -0.478 e. The lowest BCUT2D eigenvalue weighted by molar-refractivity contribution is 0.0166. The highest BCUT2D eigenvalue weighted by Crippen LogP contribution is 2.42. The highest BCUT2D eigenvalue weighted by molar-refractivity contribution is 7.23. The summed E-state index contributed by atoms with van der Waals surface area (Å²) in [5.41, 5.74) is 3.28. The lowest BCUT2D eigenvalue weighted by atomic mass is 9.63. The van der Waals surface area contributed by atoms with E-state index in [1.54, 1.807) is 17.4 Å². The first-order valence-corrected chi connectivity index (χ1v) is 14.9. The Morgan fingerprint density at radius 1 is 1.17 bits per heavy atom. The molecule has 4 aromatic heterocycles. The Balaban J connectivity index is 0.958. The molecule has 1 unspecified atom stereocenters. The third-order valence-electron chi connectivity index (χ3n) is 8.13. The Kier molecular flexibility index (Phi) is 6.43. The maximum Gasteiger partial charge on any atom is 0.324 e. The number of nitrogens with one attached hydrogen (secondary N) is 3. The highest BCUT2D eigenvalue weighted by atomic mass is 32.1. The van der Waals surface area contributed by atoms with Crippen LogP contribution >= 0.6 is 11.3 Å². The summed E-state index contributed by atoms with van der Waals surface area (Å²) in [5.74, 6) is 3.53. The molecule has 1 aliphatic carbocycles. The molecule has 212 valence electrons. The average molecular weight is 572 g/mol. The number of piperidine rings is 1. The van der Waals surface area contributed by atoms with Gasteiger partial charge in [0, 0.05) is 41.0 Å². The summed E-state index contributed by atoms with van der Waals surface area (Å²) >= 11 is 1.55. The molecule has 7 rings (SSSR count). The number of ether oxygens (including phenoxy) is 1. The number of carbonyl (C=O) groups is 1. The Bertz CT molecular complexity index is 1720. The third kappa shape index (κ3) is 5.15. The van der Waals surface area contributed by atoms with Gasteiger partial charge in [0.25, 0.3) is 0 Å². The first-order valence-electron chi connectivity index (χ1n) is 14.1. The number of hydrogen-bond acceptors (Lipinski definition) is 8. The van der Waals surface area contributed by atoms with Crippen molar-refractivity contribution in [3.63, 3.8) is 0 Å².